The average Bonchev–Trinajstić information content (AvgIpc) is 2.89. The van der Waals surface area contributed by atoms with Gasteiger partial charge in [-0.2, -0.15) is 0 Å². The highest BCUT2D eigenvalue weighted by molar-refractivity contribution is 6.06. The second-order valence-electron chi connectivity index (χ2n) is 8.90. The molecule has 2 aromatic heterocycles. The van der Waals surface area contributed by atoms with E-state index in [9.17, 15) is 9.59 Å². The van der Waals surface area contributed by atoms with Gasteiger partial charge in [0.15, 0.2) is 10.9 Å². The van der Waals surface area contributed by atoms with Crippen LogP contribution in [0.2, 0.25) is 0 Å². The largest absolute Gasteiger partial charge is 0.343 e. The predicted octanol–water partition coefficient (Wildman–Crippen LogP) is 5.93. The summed E-state index contributed by atoms with van der Waals surface area (Å²) in [5.41, 5.74) is 6.51. The van der Waals surface area contributed by atoms with Gasteiger partial charge in [0.2, 0.25) is 0 Å². The van der Waals surface area contributed by atoms with Gasteiger partial charge in [0.05, 0.1) is 22.1 Å². The number of benzene rings is 4. The van der Waals surface area contributed by atoms with E-state index >= 15 is 0 Å². The van der Waals surface area contributed by atoms with Crippen molar-refractivity contribution in [3.8, 4) is 11.1 Å². The van der Waals surface area contributed by atoms with Gasteiger partial charge in [0.1, 0.15) is 0 Å². The first-order valence-electron chi connectivity index (χ1n) is 11.6. The van der Waals surface area contributed by atoms with Gasteiger partial charge < -0.3 is 9.13 Å². The average molecular weight is 445 g/mol. The number of aromatic nitrogens is 2. The van der Waals surface area contributed by atoms with Crippen LogP contribution in [-0.4, -0.2) is 9.13 Å². The third-order valence-electron chi connectivity index (χ3n) is 7.11. The zero-order valence-electron chi connectivity index (χ0n) is 19.4. The molecule has 0 unspecified atom stereocenters. The smallest absolute Gasteiger partial charge is 0.197 e. The van der Waals surface area contributed by atoms with Crippen LogP contribution >= 0.6 is 0 Å². The third kappa shape index (κ3) is 2.72. The van der Waals surface area contributed by atoms with Crippen molar-refractivity contribution in [3.63, 3.8) is 0 Å². The van der Waals surface area contributed by atoms with Crippen LogP contribution in [0.25, 0.3) is 54.7 Å². The Balaban J connectivity index is 1.83. The highest BCUT2D eigenvalue weighted by atomic mass is 16.1. The van der Waals surface area contributed by atoms with E-state index in [1.54, 1.807) is 0 Å². The summed E-state index contributed by atoms with van der Waals surface area (Å²) in [6.45, 7) is 2.09. The molecule has 0 aliphatic heterocycles. The van der Waals surface area contributed by atoms with Gasteiger partial charge in [-0.15, -0.1) is 0 Å². The second kappa shape index (κ2) is 7.42. The Labute approximate surface area is 196 Å². The molecule has 0 radical (unpaired) electrons. The van der Waals surface area contributed by atoms with Crippen LogP contribution in [0.15, 0.2) is 88.5 Å². The Morgan fingerprint density at radius 1 is 0.618 bits per heavy atom. The minimum absolute atomic E-state index is 0.00388. The molecule has 4 aromatic carbocycles. The first-order valence-corrected chi connectivity index (χ1v) is 11.6. The summed E-state index contributed by atoms with van der Waals surface area (Å²) < 4.78 is 4.12. The van der Waals surface area contributed by atoms with Gasteiger partial charge in [-0.05, 0) is 41.8 Å². The SMILES string of the molecule is CCc1cccc2c(=O)c3cc4c(cc3n(C)c12)c(=O)c1cccc(-c2ccccc2)c1n4C. The number of aryl methyl sites for hydroxylation is 3. The molecule has 0 N–H and O–H groups in total. The van der Waals surface area contributed by atoms with Crippen LogP contribution in [0.1, 0.15) is 12.5 Å². The second-order valence-corrected chi connectivity index (χ2v) is 8.90. The van der Waals surface area contributed by atoms with Crippen LogP contribution < -0.4 is 10.9 Å². The molecule has 0 amide bonds. The molecule has 166 valence electrons. The maximum Gasteiger partial charge on any atom is 0.197 e. The lowest BCUT2D eigenvalue weighted by atomic mass is 9.98. The topological polar surface area (TPSA) is 44.0 Å². The van der Waals surface area contributed by atoms with E-state index in [1.807, 2.05) is 74.8 Å². The van der Waals surface area contributed by atoms with E-state index in [0.717, 1.165) is 45.2 Å². The maximum atomic E-state index is 13.7. The van der Waals surface area contributed by atoms with Crippen LogP contribution in [0, 0.1) is 0 Å². The lowest BCUT2D eigenvalue weighted by Gasteiger charge is -2.17. The summed E-state index contributed by atoms with van der Waals surface area (Å²) in [6, 6.07) is 25.7. The number of rotatable bonds is 2. The van der Waals surface area contributed by atoms with Crippen molar-refractivity contribution in [2.45, 2.75) is 13.3 Å². The van der Waals surface area contributed by atoms with E-state index < -0.39 is 0 Å². The minimum Gasteiger partial charge on any atom is -0.343 e. The van der Waals surface area contributed by atoms with Crippen molar-refractivity contribution < 1.29 is 0 Å². The Hall–Kier alpha value is -4.18. The molecule has 0 fully saturated rings. The minimum atomic E-state index is -0.0147. The Bertz CT molecular complexity index is 1890. The van der Waals surface area contributed by atoms with E-state index in [1.165, 1.54) is 0 Å². The Kier molecular flexibility index (Phi) is 4.46. The van der Waals surface area contributed by atoms with Crippen LogP contribution in [0.4, 0.5) is 0 Å². The van der Waals surface area contributed by atoms with Gasteiger partial charge in [-0.25, -0.2) is 0 Å². The van der Waals surface area contributed by atoms with E-state index in [4.69, 9.17) is 0 Å². The molecular weight excluding hydrogens is 420 g/mol. The van der Waals surface area contributed by atoms with Gasteiger partial charge in [0.25, 0.3) is 0 Å². The van der Waals surface area contributed by atoms with Gasteiger partial charge in [-0.1, -0.05) is 61.5 Å². The molecule has 4 heteroatoms. The Morgan fingerprint density at radius 2 is 1.18 bits per heavy atom. The molecule has 0 saturated carbocycles. The number of hydrogen-bond donors (Lipinski definition) is 0. The molecule has 0 bridgehead atoms. The standard InChI is InChI=1S/C30H24N2O2/c1-4-18-12-8-14-21-27(18)31(2)25-16-24-26(17-23(25)29(21)33)32(3)28-20(19-10-6-5-7-11-19)13-9-15-22(28)30(24)34/h5-17H,4H2,1-3H3. The van der Waals surface area contributed by atoms with Gasteiger partial charge in [0, 0.05) is 41.2 Å². The summed E-state index contributed by atoms with van der Waals surface area (Å²) in [6.07, 6.45) is 0.832. The predicted molar refractivity (Wildman–Crippen MR) is 142 cm³/mol. The fourth-order valence-corrected chi connectivity index (χ4v) is 5.42. The van der Waals surface area contributed by atoms with Crippen molar-refractivity contribution in [2.24, 2.45) is 14.1 Å². The van der Waals surface area contributed by atoms with Crippen molar-refractivity contribution in [1.82, 2.24) is 9.13 Å². The third-order valence-corrected chi connectivity index (χ3v) is 7.11. The molecule has 2 heterocycles. The summed E-state index contributed by atoms with van der Waals surface area (Å²) in [5.74, 6) is 0. The fraction of sp³-hybridized carbons (Fsp3) is 0.133. The molecule has 0 saturated heterocycles. The molecule has 0 aliphatic carbocycles. The maximum absolute atomic E-state index is 13.7. The van der Waals surface area contributed by atoms with Crippen LogP contribution in [0.3, 0.4) is 0 Å². The van der Waals surface area contributed by atoms with Crippen molar-refractivity contribution in [1.29, 1.82) is 0 Å². The number of pyridine rings is 2. The Morgan fingerprint density at radius 3 is 1.79 bits per heavy atom. The molecule has 0 spiro atoms. The van der Waals surface area contributed by atoms with Crippen LogP contribution in [0.5, 0.6) is 0 Å². The zero-order chi connectivity index (χ0) is 23.6. The monoisotopic (exact) mass is 444 g/mol. The molecule has 0 atom stereocenters. The van der Waals surface area contributed by atoms with Gasteiger partial charge in [-0.3, -0.25) is 9.59 Å². The first kappa shape index (κ1) is 20.4. The number of hydrogen-bond acceptors (Lipinski definition) is 2. The highest BCUT2D eigenvalue weighted by Gasteiger charge is 2.17. The number of para-hydroxylation sites is 2. The van der Waals surface area contributed by atoms with Crippen molar-refractivity contribution in [2.75, 3.05) is 0 Å². The summed E-state index contributed by atoms with van der Waals surface area (Å²) in [4.78, 5) is 27.3. The summed E-state index contributed by atoms with van der Waals surface area (Å²) in [5, 5.41) is 2.64. The fourth-order valence-electron chi connectivity index (χ4n) is 5.42. The number of fused-ring (bicyclic) bond motifs is 4. The molecule has 34 heavy (non-hydrogen) atoms. The first-order chi connectivity index (χ1) is 16.5. The van der Waals surface area contributed by atoms with E-state index in [-0.39, 0.29) is 10.9 Å². The summed E-state index contributed by atoms with van der Waals surface area (Å²) >= 11 is 0. The molecule has 6 aromatic rings. The van der Waals surface area contributed by atoms with Gasteiger partial charge >= 0.3 is 0 Å². The van der Waals surface area contributed by atoms with E-state index in [0.29, 0.717) is 21.5 Å². The normalized spacial score (nSPS) is 11.7. The lowest BCUT2D eigenvalue weighted by molar-refractivity contribution is 0.980. The molecular formula is C30H24N2O2. The van der Waals surface area contributed by atoms with E-state index in [2.05, 4.69) is 34.3 Å². The zero-order valence-corrected chi connectivity index (χ0v) is 19.4. The molecule has 4 nitrogen and oxygen atoms in total. The number of nitrogens with zero attached hydrogens (tertiary/aromatic N) is 2. The van der Waals surface area contributed by atoms with Crippen LogP contribution in [-0.2, 0) is 20.5 Å². The highest BCUT2D eigenvalue weighted by Crippen LogP contribution is 2.31. The lowest BCUT2D eigenvalue weighted by Crippen LogP contribution is -2.14. The van der Waals surface area contributed by atoms with Crippen molar-refractivity contribution in [3.05, 3.63) is 105 Å². The molecule has 6 rings (SSSR count). The molecule has 0 aliphatic rings. The summed E-state index contributed by atoms with van der Waals surface area (Å²) in [7, 11) is 3.96. The van der Waals surface area contributed by atoms with Crippen molar-refractivity contribution >= 4 is 43.6 Å². The quantitative estimate of drug-likeness (QED) is 0.311.